The lowest BCUT2D eigenvalue weighted by molar-refractivity contribution is -0.358. The van der Waals surface area contributed by atoms with Gasteiger partial charge in [0.1, 0.15) is 0 Å². The SMILES string of the molecule is CCCCCCCCCCC(O)CC(F)(F)C(F)(F)C(F)(F)F. The number of halogens is 7. The van der Waals surface area contributed by atoms with Crippen molar-refractivity contribution in [2.24, 2.45) is 0 Å². The fourth-order valence-electron chi connectivity index (χ4n) is 2.25. The molecule has 0 saturated heterocycles. The first kappa shape index (κ1) is 22.5. The Morgan fingerprint density at radius 3 is 1.61 bits per heavy atom. The Labute approximate surface area is 132 Å². The summed E-state index contributed by atoms with van der Waals surface area (Å²) in [6, 6.07) is 0. The third-order valence-corrected chi connectivity index (χ3v) is 3.70. The van der Waals surface area contributed by atoms with Crippen molar-refractivity contribution in [1.82, 2.24) is 0 Å². The first-order valence-electron chi connectivity index (χ1n) is 7.96. The van der Waals surface area contributed by atoms with Gasteiger partial charge in [-0.2, -0.15) is 30.7 Å². The first-order valence-corrected chi connectivity index (χ1v) is 7.96. The Bertz CT molecular complexity index is 315. The normalized spacial score (nSPS) is 15.0. The van der Waals surface area contributed by atoms with Crippen molar-refractivity contribution in [3.05, 3.63) is 0 Å². The minimum absolute atomic E-state index is 0.210. The smallest absolute Gasteiger partial charge is 0.393 e. The van der Waals surface area contributed by atoms with Gasteiger partial charge >= 0.3 is 18.0 Å². The van der Waals surface area contributed by atoms with E-state index in [1.165, 1.54) is 0 Å². The minimum Gasteiger partial charge on any atom is -0.393 e. The van der Waals surface area contributed by atoms with Gasteiger partial charge in [-0.25, -0.2) is 0 Å². The largest absolute Gasteiger partial charge is 0.459 e. The van der Waals surface area contributed by atoms with Crippen molar-refractivity contribution >= 4 is 0 Å². The molecule has 0 aliphatic rings. The van der Waals surface area contributed by atoms with Crippen LogP contribution in [0.25, 0.3) is 0 Å². The summed E-state index contributed by atoms with van der Waals surface area (Å²) in [4.78, 5) is 0. The molecule has 0 rings (SSSR count). The van der Waals surface area contributed by atoms with Crippen LogP contribution in [0.15, 0.2) is 0 Å². The second kappa shape index (κ2) is 9.69. The lowest BCUT2D eigenvalue weighted by Gasteiger charge is -2.29. The van der Waals surface area contributed by atoms with E-state index >= 15 is 0 Å². The van der Waals surface area contributed by atoms with Crippen molar-refractivity contribution in [3.63, 3.8) is 0 Å². The molecule has 0 heterocycles. The van der Waals surface area contributed by atoms with Crippen LogP contribution in [0, 0.1) is 0 Å². The van der Waals surface area contributed by atoms with E-state index in [4.69, 9.17) is 0 Å². The van der Waals surface area contributed by atoms with E-state index in [0.29, 0.717) is 12.8 Å². The summed E-state index contributed by atoms with van der Waals surface area (Å²) in [5.41, 5.74) is 0. The molecule has 1 unspecified atom stereocenters. The summed E-state index contributed by atoms with van der Waals surface area (Å²) >= 11 is 0. The monoisotopic (exact) mass is 354 g/mol. The van der Waals surface area contributed by atoms with E-state index in [9.17, 15) is 35.8 Å². The number of hydrogen-bond acceptors (Lipinski definition) is 1. The van der Waals surface area contributed by atoms with E-state index < -0.39 is 30.5 Å². The predicted molar refractivity (Wildman–Crippen MR) is 73.8 cm³/mol. The van der Waals surface area contributed by atoms with Crippen molar-refractivity contribution in [2.75, 3.05) is 0 Å². The second-order valence-corrected chi connectivity index (χ2v) is 5.90. The van der Waals surface area contributed by atoms with Gasteiger partial charge in [-0.05, 0) is 6.42 Å². The molecule has 1 atom stereocenters. The highest BCUT2D eigenvalue weighted by atomic mass is 19.4. The zero-order valence-corrected chi connectivity index (χ0v) is 13.2. The maximum Gasteiger partial charge on any atom is 0.459 e. The zero-order chi connectivity index (χ0) is 18.1. The molecule has 0 aromatic carbocycles. The van der Waals surface area contributed by atoms with Crippen LogP contribution < -0.4 is 0 Å². The molecule has 0 bridgehead atoms. The minimum atomic E-state index is -6.34. The summed E-state index contributed by atoms with van der Waals surface area (Å²) in [6.45, 7) is 2.08. The van der Waals surface area contributed by atoms with Crippen molar-refractivity contribution < 1.29 is 35.8 Å². The van der Waals surface area contributed by atoms with E-state index in [-0.39, 0.29) is 6.42 Å². The molecule has 0 aromatic heterocycles. The molecule has 0 fully saturated rings. The molecule has 0 aliphatic heterocycles. The molecular weight excluding hydrogens is 329 g/mol. The summed E-state index contributed by atoms with van der Waals surface area (Å²) in [7, 11) is 0. The topological polar surface area (TPSA) is 20.2 Å². The van der Waals surface area contributed by atoms with E-state index in [2.05, 4.69) is 6.92 Å². The van der Waals surface area contributed by atoms with Gasteiger partial charge in [0.05, 0.1) is 6.10 Å². The van der Waals surface area contributed by atoms with Crippen LogP contribution in [-0.4, -0.2) is 29.2 Å². The van der Waals surface area contributed by atoms with Gasteiger partial charge in [0.15, 0.2) is 0 Å². The molecule has 0 spiro atoms. The third-order valence-electron chi connectivity index (χ3n) is 3.70. The molecule has 23 heavy (non-hydrogen) atoms. The number of aliphatic hydroxyl groups excluding tert-OH is 1. The first-order chi connectivity index (χ1) is 10.5. The van der Waals surface area contributed by atoms with Gasteiger partial charge in [-0.15, -0.1) is 0 Å². The van der Waals surface area contributed by atoms with Gasteiger partial charge in [-0.3, -0.25) is 0 Å². The Kier molecular flexibility index (Phi) is 9.47. The molecule has 0 saturated carbocycles. The van der Waals surface area contributed by atoms with Crippen LogP contribution in [-0.2, 0) is 0 Å². The molecule has 140 valence electrons. The Morgan fingerprint density at radius 1 is 0.739 bits per heavy atom. The number of rotatable bonds is 12. The number of aliphatic hydroxyl groups is 1. The van der Waals surface area contributed by atoms with Gasteiger partial charge in [0, 0.05) is 6.42 Å². The molecule has 0 radical (unpaired) electrons. The highest BCUT2D eigenvalue weighted by Gasteiger charge is 2.72. The Morgan fingerprint density at radius 2 is 1.17 bits per heavy atom. The van der Waals surface area contributed by atoms with Crippen molar-refractivity contribution in [3.8, 4) is 0 Å². The van der Waals surface area contributed by atoms with Crippen LogP contribution in [0.5, 0.6) is 0 Å². The summed E-state index contributed by atoms with van der Waals surface area (Å²) < 4.78 is 87.3. The van der Waals surface area contributed by atoms with Crippen LogP contribution >= 0.6 is 0 Å². The highest BCUT2D eigenvalue weighted by Crippen LogP contribution is 2.48. The quantitative estimate of drug-likeness (QED) is 0.332. The second-order valence-electron chi connectivity index (χ2n) is 5.90. The molecule has 1 nitrogen and oxygen atoms in total. The predicted octanol–water partition coefficient (Wildman–Crippen LogP) is 6.10. The highest BCUT2D eigenvalue weighted by molar-refractivity contribution is 4.92. The fraction of sp³-hybridized carbons (Fsp3) is 1.00. The Hall–Kier alpha value is -0.530. The van der Waals surface area contributed by atoms with Gasteiger partial charge < -0.3 is 5.11 Å². The van der Waals surface area contributed by atoms with Gasteiger partial charge in [0.2, 0.25) is 0 Å². The Balaban J connectivity index is 4.03. The maximum atomic E-state index is 13.1. The molecule has 8 heteroatoms. The average Bonchev–Trinajstić information content (AvgIpc) is 2.39. The molecule has 1 N–H and O–H groups in total. The number of alkyl halides is 7. The lowest BCUT2D eigenvalue weighted by Crippen LogP contribution is -2.53. The summed E-state index contributed by atoms with van der Waals surface area (Å²) in [6.07, 6.45) is -3.17. The van der Waals surface area contributed by atoms with Crippen molar-refractivity contribution in [1.29, 1.82) is 0 Å². The van der Waals surface area contributed by atoms with Gasteiger partial charge in [-0.1, -0.05) is 58.3 Å². The fourth-order valence-corrected chi connectivity index (χ4v) is 2.25. The summed E-state index contributed by atoms with van der Waals surface area (Å²) in [5, 5.41) is 9.31. The average molecular weight is 354 g/mol. The van der Waals surface area contributed by atoms with Crippen LogP contribution in [0.2, 0.25) is 0 Å². The third kappa shape index (κ3) is 7.72. The van der Waals surface area contributed by atoms with Crippen LogP contribution in [0.4, 0.5) is 30.7 Å². The number of unbranched alkanes of at least 4 members (excludes halogenated alkanes) is 7. The molecule has 0 amide bonds. The maximum absolute atomic E-state index is 13.1. The van der Waals surface area contributed by atoms with Crippen LogP contribution in [0.1, 0.15) is 71.1 Å². The zero-order valence-electron chi connectivity index (χ0n) is 13.2. The number of hydrogen-bond donors (Lipinski definition) is 1. The van der Waals surface area contributed by atoms with E-state index in [0.717, 1.165) is 38.5 Å². The van der Waals surface area contributed by atoms with Crippen molar-refractivity contribution in [2.45, 2.75) is 95.3 Å². The standard InChI is InChI=1S/C15H25F7O/c1-2-3-4-5-6-7-8-9-10-12(23)11-13(16,17)14(18,19)15(20,21)22/h12,23H,2-11H2,1H3. The summed E-state index contributed by atoms with van der Waals surface area (Å²) in [5.74, 6) is -11.5. The van der Waals surface area contributed by atoms with Crippen LogP contribution in [0.3, 0.4) is 0 Å². The molecule has 0 aliphatic carbocycles. The van der Waals surface area contributed by atoms with E-state index in [1.807, 2.05) is 0 Å². The van der Waals surface area contributed by atoms with E-state index in [1.54, 1.807) is 0 Å². The molecule has 0 aromatic rings. The van der Waals surface area contributed by atoms with Gasteiger partial charge in [0.25, 0.3) is 0 Å². The molecular formula is C15H25F7O. The lowest BCUT2D eigenvalue weighted by atomic mass is 9.99.